The SMILES string of the molecule is CCCC(NCCN1CCCC1)c1cccs1. The number of hydrogen-bond acceptors (Lipinski definition) is 3. The lowest BCUT2D eigenvalue weighted by Gasteiger charge is -2.20. The molecule has 1 aromatic rings. The van der Waals surface area contributed by atoms with E-state index >= 15 is 0 Å². The van der Waals surface area contributed by atoms with Crippen LogP contribution in [0.25, 0.3) is 0 Å². The molecule has 2 heterocycles. The maximum Gasteiger partial charge on any atom is 0.0415 e. The highest BCUT2D eigenvalue weighted by Crippen LogP contribution is 2.22. The van der Waals surface area contributed by atoms with Crippen LogP contribution in [0.3, 0.4) is 0 Å². The second kappa shape index (κ2) is 7.14. The Labute approximate surface area is 109 Å². The zero-order chi connectivity index (χ0) is 11.9. The molecule has 0 spiro atoms. The van der Waals surface area contributed by atoms with E-state index in [0.717, 1.165) is 6.54 Å². The summed E-state index contributed by atoms with van der Waals surface area (Å²) in [5.41, 5.74) is 0. The van der Waals surface area contributed by atoms with Crippen molar-refractivity contribution in [2.75, 3.05) is 26.2 Å². The molecule has 1 saturated heterocycles. The van der Waals surface area contributed by atoms with E-state index in [1.165, 1.54) is 50.2 Å². The summed E-state index contributed by atoms with van der Waals surface area (Å²) in [6.45, 7) is 7.22. The van der Waals surface area contributed by atoms with Gasteiger partial charge in [0.05, 0.1) is 0 Å². The van der Waals surface area contributed by atoms with Gasteiger partial charge in [-0.2, -0.15) is 0 Å². The average Bonchev–Trinajstić information content (AvgIpc) is 3.01. The smallest absolute Gasteiger partial charge is 0.0415 e. The first-order chi connectivity index (χ1) is 8.40. The summed E-state index contributed by atoms with van der Waals surface area (Å²) in [5, 5.41) is 5.90. The van der Waals surface area contributed by atoms with Gasteiger partial charge in [-0.05, 0) is 43.8 Å². The monoisotopic (exact) mass is 252 g/mol. The quantitative estimate of drug-likeness (QED) is 0.801. The lowest BCUT2D eigenvalue weighted by atomic mass is 10.1. The Balaban J connectivity index is 1.73. The van der Waals surface area contributed by atoms with Gasteiger partial charge >= 0.3 is 0 Å². The van der Waals surface area contributed by atoms with Crippen molar-refractivity contribution in [2.24, 2.45) is 0 Å². The fourth-order valence-electron chi connectivity index (χ4n) is 2.53. The zero-order valence-corrected chi connectivity index (χ0v) is 11.6. The first-order valence-electron chi connectivity index (χ1n) is 6.89. The number of hydrogen-bond donors (Lipinski definition) is 1. The van der Waals surface area contributed by atoms with E-state index in [1.807, 2.05) is 11.3 Å². The molecule has 2 nitrogen and oxygen atoms in total. The Morgan fingerprint density at radius 2 is 2.24 bits per heavy atom. The van der Waals surface area contributed by atoms with Crippen LogP contribution in [0, 0.1) is 0 Å². The molecule has 1 aromatic heterocycles. The molecule has 0 radical (unpaired) electrons. The molecule has 0 aliphatic carbocycles. The van der Waals surface area contributed by atoms with Crippen LogP contribution < -0.4 is 5.32 Å². The molecule has 0 amide bonds. The Kier molecular flexibility index (Phi) is 5.49. The van der Waals surface area contributed by atoms with Gasteiger partial charge < -0.3 is 10.2 Å². The minimum absolute atomic E-state index is 0.572. The van der Waals surface area contributed by atoms with E-state index in [0.29, 0.717) is 6.04 Å². The molecule has 0 saturated carbocycles. The maximum absolute atomic E-state index is 3.72. The molecule has 1 N–H and O–H groups in total. The van der Waals surface area contributed by atoms with Gasteiger partial charge in [0.15, 0.2) is 0 Å². The van der Waals surface area contributed by atoms with E-state index in [2.05, 4.69) is 34.7 Å². The van der Waals surface area contributed by atoms with Crippen LogP contribution >= 0.6 is 11.3 Å². The summed E-state index contributed by atoms with van der Waals surface area (Å²) >= 11 is 1.88. The van der Waals surface area contributed by atoms with Crippen molar-refractivity contribution in [3.8, 4) is 0 Å². The molecule has 2 rings (SSSR count). The number of nitrogens with one attached hydrogen (secondary N) is 1. The van der Waals surface area contributed by atoms with Crippen LogP contribution in [-0.2, 0) is 0 Å². The van der Waals surface area contributed by atoms with Crippen LogP contribution in [0.4, 0.5) is 0 Å². The zero-order valence-electron chi connectivity index (χ0n) is 10.8. The third kappa shape index (κ3) is 4.09. The molecule has 1 fully saturated rings. The Morgan fingerprint density at radius 1 is 1.41 bits per heavy atom. The Hall–Kier alpha value is -0.380. The fourth-order valence-corrected chi connectivity index (χ4v) is 3.36. The molecular weight excluding hydrogens is 228 g/mol. The van der Waals surface area contributed by atoms with Gasteiger partial charge in [0.2, 0.25) is 0 Å². The van der Waals surface area contributed by atoms with Crippen molar-refractivity contribution < 1.29 is 0 Å². The predicted octanol–water partition coefficient (Wildman–Crippen LogP) is 3.27. The summed E-state index contributed by atoms with van der Waals surface area (Å²) in [7, 11) is 0. The van der Waals surface area contributed by atoms with E-state index in [9.17, 15) is 0 Å². The second-order valence-electron chi connectivity index (χ2n) is 4.86. The summed E-state index contributed by atoms with van der Waals surface area (Å²) in [5.74, 6) is 0. The highest BCUT2D eigenvalue weighted by Gasteiger charge is 2.13. The molecular formula is C14H24N2S. The van der Waals surface area contributed by atoms with Crippen molar-refractivity contribution in [1.82, 2.24) is 10.2 Å². The van der Waals surface area contributed by atoms with Gasteiger partial charge in [-0.3, -0.25) is 0 Å². The normalized spacial score (nSPS) is 18.6. The van der Waals surface area contributed by atoms with Gasteiger partial charge in [-0.1, -0.05) is 19.4 Å². The summed E-state index contributed by atoms with van der Waals surface area (Å²) < 4.78 is 0. The van der Waals surface area contributed by atoms with E-state index in [-0.39, 0.29) is 0 Å². The van der Waals surface area contributed by atoms with Crippen molar-refractivity contribution in [2.45, 2.75) is 38.6 Å². The van der Waals surface area contributed by atoms with Gasteiger partial charge in [0.1, 0.15) is 0 Å². The lowest BCUT2D eigenvalue weighted by Crippen LogP contribution is -2.32. The van der Waals surface area contributed by atoms with Gasteiger partial charge in [-0.25, -0.2) is 0 Å². The standard InChI is InChI=1S/C14H24N2S/c1-2-6-13(14-7-5-12-17-14)15-8-11-16-9-3-4-10-16/h5,7,12-13,15H,2-4,6,8-11H2,1H3. The summed E-state index contributed by atoms with van der Waals surface area (Å²) in [6.07, 6.45) is 5.28. The van der Waals surface area contributed by atoms with E-state index < -0.39 is 0 Å². The third-order valence-electron chi connectivity index (χ3n) is 3.48. The van der Waals surface area contributed by atoms with Gasteiger partial charge in [-0.15, -0.1) is 11.3 Å². The van der Waals surface area contributed by atoms with Crippen LogP contribution in [0.1, 0.15) is 43.5 Å². The molecule has 1 aliphatic heterocycles. The number of likely N-dealkylation sites (tertiary alicyclic amines) is 1. The largest absolute Gasteiger partial charge is 0.308 e. The van der Waals surface area contributed by atoms with Crippen molar-refractivity contribution in [3.05, 3.63) is 22.4 Å². The first kappa shape index (κ1) is 13.1. The van der Waals surface area contributed by atoms with Crippen LogP contribution in [0.2, 0.25) is 0 Å². The molecule has 0 aromatic carbocycles. The van der Waals surface area contributed by atoms with Gasteiger partial charge in [0.25, 0.3) is 0 Å². The minimum atomic E-state index is 0.572. The molecule has 1 unspecified atom stereocenters. The molecule has 1 aliphatic rings. The minimum Gasteiger partial charge on any atom is -0.308 e. The topological polar surface area (TPSA) is 15.3 Å². The Bertz CT molecular complexity index is 291. The van der Waals surface area contributed by atoms with Crippen LogP contribution in [-0.4, -0.2) is 31.1 Å². The van der Waals surface area contributed by atoms with Gasteiger partial charge in [0, 0.05) is 24.0 Å². The fraction of sp³-hybridized carbons (Fsp3) is 0.714. The van der Waals surface area contributed by atoms with Crippen molar-refractivity contribution >= 4 is 11.3 Å². The van der Waals surface area contributed by atoms with E-state index in [4.69, 9.17) is 0 Å². The predicted molar refractivity (Wildman–Crippen MR) is 75.6 cm³/mol. The lowest BCUT2D eigenvalue weighted by molar-refractivity contribution is 0.325. The van der Waals surface area contributed by atoms with Crippen LogP contribution in [0.15, 0.2) is 17.5 Å². The molecule has 1 atom stereocenters. The van der Waals surface area contributed by atoms with Crippen molar-refractivity contribution in [3.63, 3.8) is 0 Å². The van der Waals surface area contributed by atoms with E-state index in [1.54, 1.807) is 0 Å². The Morgan fingerprint density at radius 3 is 2.88 bits per heavy atom. The number of rotatable bonds is 7. The average molecular weight is 252 g/mol. The van der Waals surface area contributed by atoms with Crippen LogP contribution in [0.5, 0.6) is 0 Å². The molecule has 96 valence electrons. The number of nitrogens with zero attached hydrogens (tertiary/aromatic N) is 1. The highest BCUT2D eigenvalue weighted by molar-refractivity contribution is 7.10. The summed E-state index contributed by atoms with van der Waals surface area (Å²) in [6, 6.07) is 4.99. The molecule has 0 bridgehead atoms. The molecule has 17 heavy (non-hydrogen) atoms. The molecule has 3 heteroatoms. The van der Waals surface area contributed by atoms with Crippen molar-refractivity contribution in [1.29, 1.82) is 0 Å². The third-order valence-corrected chi connectivity index (χ3v) is 4.47. The highest BCUT2D eigenvalue weighted by atomic mass is 32.1. The summed E-state index contributed by atoms with van der Waals surface area (Å²) in [4.78, 5) is 4.07. The maximum atomic E-state index is 3.72. The first-order valence-corrected chi connectivity index (χ1v) is 7.77. The number of thiophene rings is 1. The second-order valence-corrected chi connectivity index (χ2v) is 5.84.